The van der Waals surface area contributed by atoms with Crippen LogP contribution in [0, 0.1) is 0 Å². The number of thiophene rings is 2. The Bertz CT molecular complexity index is 1500. The van der Waals surface area contributed by atoms with Gasteiger partial charge in [-0.1, -0.05) is 99.1 Å². The fourth-order valence-electron chi connectivity index (χ4n) is 5.42. The fourth-order valence-corrected chi connectivity index (χ4v) is 30.4. The maximum absolute atomic E-state index is 12.2. The van der Waals surface area contributed by atoms with Gasteiger partial charge in [-0.2, -0.15) is 0 Å². The Labute approximate surface area is 275 Å². The molecule has 44 heavy (non-hydrogen) atoms. The molecule has 0 aliphatic carbocycles. The standard InChI is InChI=1S/C34H46O4S2Si4/c1-11-37-33(35)25-13-17-27(18-14-25)41(3,4)43(7,8)31-23-21-29(39-31)30-22-24-32(40-30)44(9,10)42(5,6)28-19-15-26(16-20-28)34(36)38-12-2/h13-24H,11-12H2,1-10H3. The van der Waals surface area contributed by atoms with E-state index in [1.54, 1.807) is 9.00 Å². The van der Waals surface area contributed by atoms with Gasteiger partial charge in [-0.15, -0.1) is 22.7 Å². The molecule has 0 unspecified atom stereocenters. The predicted octanol–water partition coefficient (Wildman–Crippen LogP) is 7.05. The van der Waals surface area contributed by atoms with Crippen molar-refractivity contribution >= 4 is 84.4 Å². The van der Waals surface area contributed by atoms with Gasteiger partial charge in [0.1, 0.15) is 0 Å². The molecule has 0 fully saturated rings. The van der Waals surface area contributed by atoms with E-state index in [2.05, 4.69) is 101 Å². The summed E-state index contributed by atoms with van der Waals surface area (Å²) in [5, 5.41) is 2.79. The van der Waals surface area contributed by atoms with Gasteiger partial charge < -0.3 is 9.47 Å². The first-order valence-corrected chi connectivity index (χ1v) is 31.0. The number of hydrogen-bond acceptors (Lipinski definition) is 6. The van der Waals surface area contributed by atoms with E-state index in [-0.39, 0.29) is 11.9 Å². The third-order valence-electron chi connectivity index (χ3n) is 10.0. The second-order valence-electron chi connectivity index (χ2n) is 13.4. The Morgan fingerprint density at radius 3 is 1.11 bits per heavy atom. The van der Waals surface area contributed by atoms with Crippen LogP contribution in [0.3, 0.4) is 0 Å². The van der Waals surface area contributed by atoms with Gasteiger partial charge in [0.2, 0.25) is 0 Å². The molecule has 0 atom stereocenters. The normalized spacial score (nSPS) is 12.7. The Kier molecular flexibility index (Phi) is 10.3. The Morgan fingerprint density at radius 1 is 0.500 bits per heavy atom. The number of ether oxygens (including phenoxy) is 2. The third kappa shape index (κ3) is 6.47. The predicted molar refractivity (Wildman–Crippen MR) is 201 cm³/mol. The second-order valence-corrected chi connectivity index (χ2v) is 46.5. The molecular formula is C34H46O4S2Si4. The highest BCUT2D eigenvalue weighted by molar-refractivity contribution is 7.57. The molecule has 0 aliphatic heterocycles. The summed E-state index contributed by atoms with van der Waals surface area (Å²) in [6, 6.07) is 25.8. The molecule has 4 rings (SSSR count). The first-order valence-electron chi connectivity index (χ1n) is 15.3. The largest absolute Gasteiger partial charge is 0.462 e. The van der Waals surface area contributed by atoms with Crippen LogP contribution in [0.15, 0.2) is 72.8 Å². The van der Waals surface area contributed by atoms with Crippen molar-refractivity contribution in [3.8, 4) is 9.75 Å². The van der Waals surface area contributed by atoms with E-state index < -0.39 is 30.4 Å². The van der Waals surface area contributed by atoms with E-state index >= 15 is 0 Å². The molecule has 2 aromatic carbocycles. The highest BCUT2D eigenvalue weighted by Crippen LogP contribution is 2.33. The maximum atomic E-state index is 12.2. The molecule has 2 heterocycles. The van der Waals surface area contributed by atoms with Crippen LogP contribution in [0.2, 0.25) is 52.4 Å². The van der Waals surface area contributed by atoms with Crippen molar-refractivity contribution in [3.05, 3.63) is 83.9 Å². The molecule has 4 aromatic rings. The zero-order chi connectivity index (χ0) is 32.5. The lowest BCUT2D eigenvalue weighted by Gasteiger charge is -2.38. The lowest BCUT2D eigenvalue weighted by atomic mass is 10.2. The summed E-state index contributed by atoms with van der Waals surface area (Å²) in [6.07, 6.45) is 0. The minimum absolute atomic E-state index is 0.252. The van der Waals surface area contributed by atoms with Crippen LogP contribution in [0.4, 0.5) is 0 Å². The zero-order valence-corrected chi connectivity index (χ0v) is 33.4. The van der Waals surface area contributed by atoms with Crippen LogP contribution in [0.1, 0.15) is 34.6 Å². The number of hydrogen-bond donors (Lipinski definition) is 0. The van der Waals surface area contributed by atoms with Crippen molar-refractivity contribution in [2.75, 3.05) is 13.2 Å². The first-order chi connectivity index (χ1) is 20.6. The molecule has 0 saturated heterocycles. The number of carbonyl (C=O) groups is 2. The zero-order valence-electron chi connectivity index (χ0n) is 27.8. The molecule has 0 aliphatic rings. The lowest BCUT2D eigenvalue weighted by Crippen LogP contribution is -2.68. The van der Waals surface area contributed by atoms with Crippen molar-refractivity contribution in [1.29, 1.82) is 0 Å². The molecule has 234 valence electrons. The molecule has 4 nitrogen and oxygen atoms in total. The summed E-state index contributed by atoms with van der Waals surface area (Å²) < 4.78 is 13.5. The SMILES string of the molecule is CCOC(=O)c1ccc([Si](C)(C)[Si](C)(C)c2ccc(-c3ccc([Si](C)(C)[Si](C)(C)c4ccc(C(=O)OCC)cc4)s3)s2)cc1. The molecule has 0 bridgehead atoms. The number of benzene rings is 2. The fraction of sp³-hybridized carbons (Fsp3) is 0.353. The topological polar surface area (TPSA) is 52.6 Å². The lowest BCUT2D eigenvalue weighted by molar-refractivity contribution is 0.0517. The van der Waals surface area contributed by atoms with Gasteiger partial charge in [-0.3, -0.25) is 0 Å². The van der Waals surface area contributed by atoms with Gasteiger partial charge in [-0.25, -0.2) is 9.59 Å². The average Bonchev–Trinajstić information content (AvgIpc) is 3.69. The number of carbonyl (C=O) groups excluding carboxylic acids is 2. The highest BCUT2D eigenvalue weighted by Gasteiger charge is 2.46. The van der Waals surface area contributed by atoms with E-state index in [0.29, 0.717) is 24.3 Å². The van der Waals surface area contributed by atoms with Gasteiger partial charge in [0.15, 0.2) is 0 Å². The van der Waals surface area contributed by atoms with Crippen LogP contribution in [-0.2, 0) is 9.47 Å². The summed E-state index contributed by atoms with van der Waals surface area (Å²) in [5.74, 6) is -0.505. The van der Waals surface area contributed by atoms with Crippen LogP contribution < -0.4 is 19.4 Å². The maximum Gasteiger partial charge on any atom is 0.338 e. The third-order valence-corrected chi connectivity index (χ3v) is 51.5. The van der Waals surface area contributed by atoms with Crippen molar-refractivity contribution < 1.29 is 19.1 Å². The van der Waals surface area contributed by atoms with E-state index in [9.17, 15) is 9.59 Å². The minimum Gasteiger partial charge on any atom is -0.462 e. The van der Waals surface area contributed by atoms with Crippen molar-refractivity contribution in [3.63, 3.8) is 0 Å². The molecule has 2 aromatic heterocycles. The Morgan fingerprint density at radius 2 is 0.818 bits per heavy atom. The first kappa shape index (κ1) is 34.5. The Balaban J connectivity index is 1.57. The van der Waals surface area contributed by atoms with Crippen LogP contribution in [0.25, 0.3) is 9.75 Å². The van der Waals surface area contributed by atoms with Gasteiger partial charge in [-0.05, 0) is 59.2 Å². The Hall–Kier alpha value is -2.35. The van der Waals surface area contributed by atoms with Gasteiger partial charge in [0.25, 0.3) is 0 Å². The summed E-state index contributed by atoms with van der Waals surface area (Å²) in [4.78, 5) is 27.1. The van der Waals surface area contributed by atoms with E-state index in [1.165, 1.54) is 20.1 Å². The molecule has 0 saturated carbocycles. The van der Waals surface area contributed by atoms with Crippen LogP contribution in [0.5, 0.6) is 0 Å². The van der Waals surface area contributed by atoms with Gasteiger partial charge in [0.05, 0.1) is 54.7 Å². The summed E-state index contributed by atoms with van der Waals surface area (Å²) in [5.41, 5.74) is 1.25. The highest BCUT2D eigenvalue weighted by atomic mass is 32.1. The van der Waals surface area contributed by atoms with E-state index in [1.807, 2.05) is 60.8 Å². The van der Waals surface area contributed by atoms with Crippen molar-refractivity contribution in [2.45, 2.75) is 66.2 Å². The molecule has 0 spiro atoms. The van der Waals surface area contributed by atoms with E-state index in [0.717, 1.165) is 0 Å². The van der Waals surface area contributed by atoms with Crippen LogP contribution in [-0.4, -0.2) is 55.5 Å². The van der Waals surface area contributed by atoms with Crippen LogP contribution >= 0.6 is 22.7 Å². The average molecular weight is 695 g/mol. The monoisotopic (exact) mass is 694 g/mol. The summed E-state index contributed by atoms with van der Waals surface area (Å²) in [7, 11) is -7.29. The van der Waals surface area contributed by atoms with Crippen molar-refractivity contribution in [2.24, 2.45) is 0 Å². The quantitative estimate of drug-likeness (QED) is 0.125. The van der Waals surface area contributed by atoms with Gasteiger partial charge in [0, 0.05) is 9.75 Å². The molecule has 0 N–H and O–H groups in total. The summed E-state index contributed by atoms with van der Waals surface area (Å²) >= 11 is 3.96. The van der Waals surface area contributed by atoms with Gasteiger partial charge >= 0.3 is 11.9 Å². The van der Waals surface area contributed by atoms with Crippen molar-refractivity contribution in [1.82, 2.24) is 0 Å². The summed E-state index contributed by atoms with van der Waals surface area (Å²) in [6.45, 7) is 24.5. The molecule has 10 heteroatoms. The number of rotatable bonds is 11. The molecule has 0 radical (unpaired) electrons. The van der Waals surface area contributed by atoms with E-state index in [4.69, 9.17) is 9.47 Å². The molecular weight excluding hydrogens is 649 g/mol. The second kappa shape index (κ2) is 13.2. The minimum atomic E-state index is -1.83. The number of esters is 2. The smallest absolute Gasteiger partial charge is 0.338 e. The molecule has 0 amide bonds.